The molecule has 1 unspecified atom stereocenters. The number of hydrogen-bond acceptors (Lipinski definition) is 2. The van der Waals surface area contributed by atoms with Crippen molar-refractivity contribution in [3.05, 3.63) is 65.0 Å². The van der Waals surface area contributed by atoms with Crippen molar-refractivity contribution in [2.45, 2.75) is 18.7 Å². The number of phenolic OH excluding ortho intramolecular Hbond substituents is 1. The van der Waals surface area contributed by atoms with Gasteiger partial charge in [-0.15, -0.1) is 0 Å². The fourth-order valence-electron chi connectivity index (χ4n) is 1.94. The van der Waals surface area contributed by atoms with E-state index in [9.17, 15) is 22.7 Å². The molecule has 0 saturated heterocycles. The standard InChI is InChI=1S/C15H12F4O2/c16-13-6-3-10(8-12(13)15(17,18)19)14(21)7-9-1-4-11(20)5-2-9/h1-6,8,14,20-21H,7H2. The number of rotatable bonds is 3. The molecule has 0 aliphatic rings. The second-order valence-corrected chi connectivity index (χ2v) is 4.62. The number of halogens is 4. The maximum Gasteiger partial charge on any atom is 0.419 e. The van der Waals surface area contributed by atoms with Crippen LogP contribution in [0.1, 0.15) is 22.8 Å². The Labute approximate surface area is 118 Å². The highest BCUT2D eigenvalue weighted by Crippen LogP contribution is 2.33. The van der Waals surface area contributed by atoms with E-state index < -0.39 is 23.7 Å². The summed E-state index contributed by atoms with van der Waals surface area (Å²) in [5.41, 5.74) is -0.778. The van der Waals surface area contributed by atoms with Crippen LogP contribution in [0.3, 0.4) is 0 Å². The van der Waals surface area contributed by atoms with Gasteiger partial charge in [0.1, 0.15) is 11.6 Å². The molecule has 0 aromatic heterocycles. The Hall–Kier alpha value is -2.08. The zero-order valence-electron chi connectivity index (χ0n) is 10.7. The van der Waals surface area contributed by atoms with E-state index in [2.05, 4.69) is 0 Å². The molecule has 2 N–H and O–H groups in total. The Balaban J connectivity index is 2.23. The average Bonchev–Trinajstić information content (AvgIpc) is 2.40. The third-order valence-electron chi connectivity index (χ3n) is 3.05. The van der Waals surface area contributed by atoms with Crippen molar-refractivity contribution < 1.29 is 27.8 Å². The number of aliphatic hydroxyl groups is 1. The first-order valence-electron chi connectivity index (χ1n) is 6.10. The predicted octanol–water partition coefficient (Wildman–Crippen LogP) is 3.83. The topological polar surface area (TPSA) is 40.5 Å². The van der Waals surface area contributed by atoms with Crippen LogP contribution in [0.5, 0.6) is 5.75 Å². The maximum absolute atomic E-state index is 13.2. The second kappa shape index (κ2) is 5.73. The molecular formula is C15H12F4O2. The van der Waals surface area contributed by atoms with Crippen molar-refractivity contribution in [2.24, 2.45) is 0 Å². The molecule has 2 nitrogen and oxygen atoms in total. The molecule has 0 bridgehead atoms. The number of hydrogen-bond donors (Lipinski definition) is 2. The smallest absolute Gasteiger partial charge is 0.419 e. The first-order chi connectivity index (χ1) is 9.77. The Kier molecular flexibility index (Phi) is 4.18. The predicted molar refractivity (Wildman–Crippen MR) is 68.2 cm³/mol. The Morgan fingerprint density at radius 1 is 1.00 bits per heavy atom. The largest absolute Gasteiger partial charge is 0.508 e. The van der Waals surface area contributed by atoms with Crippen LogP contribution in [0, 0.1) is 5.82 Å². The van der Waals surface area contributed by atoms with E-state index in [1.807, 2.05) is 0 Å². The Morgan fingerprint density at radius 3 is 2.19 bits per heavy atom. The molecule has 0 aliphatic heterocycles. The first-order valence-corrected chi connectivity index (χ1v) is 6.10. The van der Waals surface area contributed by atoms with Gasteiger partial charge in [-0.25, -0.2) is 4.39 Å². The lowest BCUT2D eigenvalue weighted by Gasteiger charge is -2.14. The molecule has 2 aromatic rings. The highest BCUT2D eigenvalue weighted by molar-refractivity contribution is 5.31. The Bertz CT molecular complexity index is 621. The molecule has 2 aromatic carbocycles. The zero-order valence-corrected chi connectivity index (χ0v) is 10.7. The summed E-state index contributed by atoms with van der Waals surface area (Å²) in [6.45, 7) is 0. The summed E-state index contributed by atoms with van der Waals surface area (Å²) in [7, 11) is 0. The molecule has 112 valence electrons. The molecule has 0 saturated carbocycles. The molecule has 6 heteroatoms. The van der Waals surface area contributed by atoms with Crippen molar-refractivity contribution >= 4 is 0 Å². The summed E-state index contributed by atoms with van der Waals surface area (Å²) in [6, 6.07) is 8.34. The monoisotopic (exact) mass is 300 g/mol. The van der Waals surface area contributed by atoms with E-state index in [0.29, 0.717) is 17.7 Å². The highest BCUT2D eigenvalue weighted by atomic mass is 19.4. The van der Waals surface area contributed by atoms with Crippen LogP contribution < -0.4 is 0 Å². The molecule has 2 rings (SSSR count). The lowest BCUT2D eigenvalue weighted by atomic mass is 9.99. The van der Waals surface area contributed by atoms with Crippen molar-refractivity contribution in [1.82, 2.24) is 0 Å². The minimum atomic E-state index is -4.81. The maximum atomic E-state index is 13.2. The van der Waals surface area contributed by atoms with Crippen LogP contribution >= 0.6 is 0 Å². The third kappa shape index (κ3) is 3.72. The van der Waals surface area contributed by atoms with E-state index >= 15 is 0 Å². The van der Waals surface area contributed by atoms with Gasteiger partial charge in [-0.05, 0) is 35.4 Å². The van der Waals surface area contributed by atoms with Crippen LogP contribution in [-0.4, -0.2) is 10.2 Å². The summed E-state index contributed by atoms with van der Waals surface area (Å²) in [6.07, 6.45) is -5.95. The Morgan fingerprint density at radius 2 is 1.62 bits per heavy atom. The van der Waals surface area contributed by atoms with Crippen LogP contribution in [-0.2, 0) is 12.6 Å². The van der Waals surface area contributed by atoms with Crippen LogP contribution in [0.4, 0.5) is 17.6 Å². The number of aliphatic hydroxyl groups excluding tert-OH is 1. The molecular weight excluding hydrogens is 288 g/mol. The minimum Gasteiger partial charge on any atom is -0.508 e. The summed E-state index contributed by atoms with van der Waals surface area (Å²) < 4.78 is 51.0. The summed E-state index contributed by atoms with van der Waals surface area (Å²) >= 11 is 0. The van der Waals surface area contributed by atoms with Crippen molar-refractivity contribution in [2.75, 3.05) is 0 Å². The summed E-state index contributed by atoms with van der Waals surface area (Å²) in [4.78, 5) is 0. The van der Waals surface area contributed by atoms with Gasteiger partial charge in [0, 0.05) is 6.42 Å². The molecule has 0 heterocycles. The molecule has 0 radical (unpaired) electrons. The van der Waals surface area contributed by atoms with E-state index in [1.165, 1.54) is 12.1 Å². The lowest BCUT2D eigenvalue weighted by Crippen LogP contribution is -2.10. The SMILES string of the molecule is Oc1ccc(CC(O)c2ccc(F)c(C(F)(F)F)c2)cc1. The highest BCUT2D eigenvalue weighted by Gasteiger charge is 2.34. The molecule has 0 fully saturated rings. The van der Waals surface area contributed by atoms with Crippen LogP contribution in [0.15, 0.2) is 42.5 Å². The van der Waals surface area contributed by atoms with Gasteiger partial charge in [-0.2, -0.15) is 13.2 Å². The normalized spacial score (nSPS) is 13.2. The van der Waals surface area contributed by atoms with Gasteiger partial charge in [0.05, 0.1) is 11.7 Å². The number of aromatic hydroxyl groups is 1. The summed E-state index contributed by atoms with van der Waals surface area (Å²) in [5, 5.41) is 19.1. The number of benzene rings is 2. The molecule has 0 aliphatic carbocycles. The van der Waals surface area contributed by atoms with Crippen molar-refractivity contribution in [3.63, 3.8) is 0 Å². The van der Waals surface area contributed by atoms with E-state index in [0.717, 1.165) is 6.07 Å². The van der Waals surface area contributed by atoms with Crippen LogP contribution in [0.2, 0.25) is 0 Å². The van der Waals surface area contributed by atoms with Gasteiger partial charge in [0.2, 0.25) is 0 Å². The molecule has 1 atom stereocenters. The average molecular weight is 300 g/mol. The van der Waals surface area contributed by atoms with E-state index in [-0.39, 0.29) is 17.7 Å². The lowest BCUT2D eigenvalue weighted by molar-refractivity contribution is -0.140. The van der Waals surface area contributed by atoms with Gasteiger partial charge in [0.25, 0.3) is 0 Å². The van der Waals surface area contributed by atoms with Gasteiger partial charge in [-0.3, -0.25) is 0 Å². The number of alkyl halides is 3. The van der Waals surface area contributed by atoms with Gasteiger partial charge in [0.15, 0.2) is 0 Å². The van der Waals surface area contributed by atoms with Crippen molar-refractivity contribution in [3.8, 4) is 5.75 Å². The van der Waals surface area contributed by atoms with E-state index in [4.69, 9.17) is 5.11 Å². The molecule has 21 heavy (non-hydrogen) atoms. The number of phenols is 1. The van der Waals surface area contributed by atoms with Gasteiger partial charge >= 0.3 is 6.18 Å². The van der Waals surface area contributed by atoms with Crippen LogP contribution in [0.25, 0.3) is 0 Å². The third-order valence-corrected chi connectivity index (χ3v) is 3.05. The first kappa shape index (κ1) is 15.3. The fourth-order valence-corrected chi connectivity index (χ4v) is 1.94. The van der Waals surface area contributed by atoms with Gasteiger partial charge in [-0.1, -0.05) is 18.2 Å². The minimum absolute atomic E-state index is 0.0169. The molecule has 0 amide bonds. The summed E-state index contributed by atoms with van der Waals surface area (Å²) in [5.74, 6) is -1.32. The van der Waals surface area contributed by atoms with Gasteiger partial charge < -0.3 is 10.2 Å². The second-order valence-electron chi connectivity index (χ2n) is 4.62. The zero-order chi connectivity index (χ0) is 15.6. The van der Waals surface area contributed by atoms with E-state index in [1.54, 1.807) is 12.1 Å². The van der Waals surface area contributed by atoms with Crippen molar-refractivity contribution in [1.29, 1.82) is 0 Å². The fraction of sp³-hybridized carbons (Fsp3) is 0.200. The molecule has 0 spiro atoms. The quantitative estimate of drug-likeness (QED) is 0.846.